The van der Waals surface area contributed by atoms with Crippen LogP contribution in [0.4, 0.5) is 4.39 Å². The molecular weight excluding hydrogens is 281 g/mol. The second-order valence-corrected chi connectivity index (χ2v) is 6.88. The van der Waals surface area contributed by atoms with E-state index in [0.717, 1.165) is 12.1 Å². The second kappa shape index (κ2) is 5.48. The predicted molar refractivity (Wildman–Crippen MR) is 72.0 cm³/mol. The van der Waals surface area contributed by atoms with Gasteiger partial charge in [0, 0.05) is 25.7 Å². The van der Waals surface area contributed by atoms with Crippen LogP contribution in [0.5, 0.6) is 0 Å². The second-order valence-electron chi connectivity index (χ2n) is 4.95. The molecule has 1 aliphatic rings. The minimum Gasteiger partial charge on any atom is -0.301 e. The largest absolute Gasteiger partial charge is 0.301 e. The first-order chi connectivity index (χ1) is 9.36. The van der Waals surface area contributed by atoms with E-state index in [4.69, 9.17) is 5.26 Å². The first-order valence-corrected chi connectivity index (χ1v) is 7.70. The summed E-state index contributed by atoms with van der Waals surface area (Å²) >= 11 is 0. The fourth-order valence-electron chi connectivity index (χ4n) is 2.13. The van der Waals surface area contributed by atoms with Gasteiger partial charge in [-0.2, -0.15) is 9.57 Å². The van der Waals surface area contributed by atoms with Crippen molar-refractivity contribution in [2.24, 2.45) is 0 Å². The van der Waals surface area contributed by atoms with Crippen molar-refractivity contribution >= 4 is 10.0 Å². The molecule has 20 heavy (non-hydrogen) atoms. The summed E-state index contributed by atoms with van der Waals surface area (Å²) in [6, 6.07) is 5.09. The molecule has 1 unspecified atom stereocenters. The first-order valence-electron chi connectivity index (χ1n) is 6.26. The summed E-state index contributed by atoms with van der Waals surface area (Å²) in [6.45, 7) is 3.38. The monoisotopic (exact) mass is 297 g/mol. The summed E-state index contributed by atoms with van der Waals surface area (Å²) in [4.78, 5) is 2.05. The number of piperazine rings is 1. The van der Waals surface area contributed by atoms with E-state index in [1.54, 1.807) is 6.07 Å². The van der Waals surface area contributed by atoms with Crippen molar-refractivity contribution in [3.63, 3.8) is 0 Å². The van der Waals surface area contributed by atoms with Crippen LogP contribution in [0.25, 0.3) is 0 Å². The number of likely N-dealkylation sites (N-methyl/N-ethyl adjacent to an activating group) is 1. The highest BCUT2D eigenvalue weighted by atomic mass is 32.2. The zero-order chi connectivity index (χ0) is 14.9. The molecule has 0 bridgehead atoms. The third kappa shape index (κ3) is 2.68. The highest BCUT2D eigenvalue weighted by molar-refractivity contribution is 7.89. The Kier molecular flexibility index (Phi) is 4.09. The van der Waals surface area contributed by atoms with Crippen LogP contribution in [0.1, 0.15) is 12.5 Å². The van der Waals surface area contributed by atoms with E-state index in [-0.39, 0.29) is 16.5 Å². The van der Waals surface area contributed by atoms with Gasteiger partial charge in [0.25, 0.3) is 0 Å². The fraction of sp³-hybridized carbons (Fsp3) is 0.462. The Bertz CT molecular complexity index is 654. The predicted octanol–water partition coefficient (Wildman–Crippen LogP) is 1.02. The van der Waals surface area contributed by atoms with Gasteiger partial charge in [0.05, 0.1) is 10.5 Å². The highest BCUT2D eigenvalue weighted by Crippen LogP contribution is 2.21. The lowest BCUT2D eigenvalue weighted by molar-refractivity contribution is 0.159. The van der Waals surface area contributed by atoms with Crippen LogP contribution in [-0.2, 0) is 10.0 Å². The lowest BCUT2D eigenvalue weighted by Crippen LogP contribution is -2.51. The lowest BCUT2D eigenvalue weighted by Gasteiger charge is -2.36. The molecule has 108 valence electrons. The number of rotatable bonds is 2. The SMILES string of the molecule is CC1CN(S(=O)(=O)c2ccc(F)c(C#N)c2)CCN1C. The van der Waals surface area contributed by atoms with Crippen LogP contribution >= 0.6 is 0 Å². The van der Waals surface area contributed by atoms with Gasteiger partial charge in [-0.1, -0.05) is 0 Å². The molecule has 7 heteroatoms. The minimum absolute atomic E-state index is 0.0350. The van der Waals surface area contributed by atoms with E-state index in [9.17, 15) is 12.8 Å². The number of sulfonamides is 1. The van der Waals surface area contributed by atoms with Gasteiger partial charge >= 0.3 is 0 Å². The molecule has 0 radical (unpaired) electrons. The van der Waals surface area contributed by atoms with Gasteiger partial charge in [-0.05, 0) is 32.2 Å². The van der Waals surface area contributed by atoms with E-state index in [1.165, 1.54) is 10.4 Å². The van der Waals surface area contributed by atoms with Crippen LogP contribution < -0.4 is 0 Å². The van der Waals surface area contributed by atoms with Gasteiger partial charge in [0.2, 0.25) is 10.0 Å². The Morgan fingerprint density at radius 2 is 2.10 bits per heavy atom. The molecule has 2 rings (SSSR count). The molecule has 1 aromatic carbocycles. The van der Waals surface area contributed by atoms with Gasteiger partial charge in [-0.3, -0.25) is 0 Å². The zero-order valence-electron chi connectivity index (χ0n) is 11.4. The maximum atomic E-state index is 13.3. The minimum atomic E-state index is -3.68. The standard InChI is InChI=1S/C13H16FN3O2S/c1-10-9-17(6-5-16(10)2)20(18,19)12-3-4-13(14)11(7-12)8-15/h3-4,7,10H,5-6,9H2,1-2H3. The summed E-state index contributed by atoms with van der Waals surface area (Å²) in [5.41, 5.74) is -0.256. The summed E-state index contributed by atoms with van der Waals surface area (Å²) in [5.74, 6) is -0.710. The van der Waals surface area contributed by atoms with Crippen LogP contribution in [0.15, 0.2) is 23.1 Å². The molecule has 1 saturated heterocycles. The zero-order valence-corrected chi connectivity index (χ0v) is 12.2. The van der Waals surface area contributed by atoms with Crippen molar-refractivity contribution in [3.05, 3.63) is 29.6 Å². The van der Waals surface area contributed by atoms with E-state index in [0.29, 0.717) is 19.6 Å². The number of hydrogen-bond donors (Lipinski definition) is 0. The molecule has 0 aliphatic carbocycles. The molecule has 0 aromatic heterocycles. The molecule has 1 atom stereocenters. The molecule has 1 heterocycles. The molecular formula is C13H16FN3O2S. The Balaban J connectivity index is 2.34. The van der Waals surface area contributed by atoms with Crippen molar-refractivity contribution in [2.75, 3.05) is 26.7 Å². The number of nitrogens with zero attached hydrogens (tertiary/aromatic N) is 3. The number of nitriles is 1. The fourth-order valence-corrected chi connectivity index (χ4v) is 3.67. The molecule has 0 spiro atoms. The first kappa shape index (κ1) is 14.9. The average molecular weight is 297 g/mol. The number of benzene rings is 1. The lowest BCUT2D eigenvalue weighted by atomic mass is 10.2. The van der Waals surface area contributed by atoms with Crippen LogP contribution in [0, 0.1) is 17.1 Å². The quantitative estimate of drug-likeness (QED) is 0.817. The summed E-state index contributed by atoms with van der Waals surface area (Å²) in [6.07, 6.45) is 0. The molecule has 1 aliphatic heterocycles. The molecule has 1 fully saturated rings. The summed E-state index contributed by atoms with van der Waals surface area (Å²) < 4.78 is 39.6. The van der Waals surface area contributed by atoms with Gasteiger partial charge in [0.15, 0.2) is 0 Å². The molecule has 5 nitrogen and oxygen atoms in total. The molecule has 0 N–H and O–H groups in total. The Morgan fingerprint density at radius 1 is 1.40 bits per heavy atom. The summed E-state index contributed by atoms with van der Waals surface area (Å²) in [7, 11) is -1.73. The van der Waals surface area contributed by atoms with Crippen LogP contribution in [0.3, 0.4) is 0 Å². The van der Waals surface area contributed by atoms with Crippen molar-refractivity contribution in [2.45, 2.75) is 17.9 Å². The van der Waals surface area contributed by atoms with Crippen LogP contribution in [0.2, 0.25) is 0 Å². The van der Waals surface area contributed by atoms with E-state index >= 15 is 0 Å². The Hall–Kier alpha value is -1.49. The number of halogens is 1. The number of hydrogen-bond acceptors (Lipinski definition) is 4. The van der Waals surface area contributed by atoms with Gasteiger partial charge < -0.3 is 4.90 Å². The van der Waals surface area contributed by atoms with Gasteiger partial charge in [-0.15, -0.1) is 0 Å². The topological polar surface area (TPSA) is 64.4 Å². The van der Waals surface area contributed by atoms with E-state index in [1.807, 2.05) is 14.0 Å². The smallest absolute Gasteiger partial charge is 0.243 e. The third-order valence-electron chi connectivity index (χ3n) is 3.62. The van der Waals surface area contributed by atoms with Gasteiger partial charge in [0.1, 0.15) is 11.9 Å². The van der Waals surface area contributed by atoms with Crippen molar-refractivity contribution in [1.82, 2.24) is 9.21 Å². The Morgan fingerprint density at radius 3 is 2.70 bits per heavy atom. The Labute approximate surface area is 118 Å². The molecule has 0 amide bonds. The van der Waals surface area contributed by atoms with E-state index < -0.39 is 15.8 Å². The maximum absolute atomic E-state index is 13.3. The van der Waals surface area contributed by atoms with Gasteiger partial charge in [-0.25, -0.2) is 12.8 Å². The highest BCUT2D eigenvalue weighted by Gasteiger charge is 2.31. The average Bonchev–Trinajstić information content (AvgIpc) is 2.42. The van der Waals surface area contributed by atoms with Crippen LogP contribution in [-0.4, -0.2) is 50.3 Å². The third-order valence-corrected chi connectivity index (χ3v) is 5.48. The maximum Gasteiger partial charge on any atom is 0.243 e. The van der Waals surface area contributed by atoms with Crippen molar-refractivity contribution in [3.8, 4) is 6.07 Å². The molecule has 1 aromatic rings. The van der Waals surface area contributed by atoms with Crippen molar-refractivity contribution in [1.29, 1.82) is 5.26 Å². The normalized spacial score (nSPS) is 21.6. The molecule has 0 saturated carbocycles. The summed E-state index contributed by atoms with van der Waals surface area (Å²) in [5, 5.41) is 8.79. The van der Waals surface area contributed by atoms with Crippen molar-refractivity contribution < 1.29 is 12.8 Å². The van der Waals surface area contributed by atoms with E-state index in [2.05, 4.69) is 4.90 Å².